The molecule has 0 fully saturated rings. The van der Waals surface area contributed by atoms with Crippen LogP contribution < -0.4 is 10.2 Å². The third kappa shape index (κ3) is 15.4. The van der Waals surface area contributed by atoms with Crippen molar-refractivity contribution in [3.05, 3.63) is 83.9 Å². The molecule has 230 valence electrons. The number of unbranched alkanes of at least 4 members (excludes halogenated alkanes) is 8. The van der Waals surface area contributed by atoms with E-state index in [0.29, 0.717) is 0 Å². The third-order valence-corrected chi connectivity index (χ3v) is 7.09. The summed E-state index contributed by atoms with van der Waals surface area (Å²) >= 11 is 0. The normalized spacial score (nSPS) is 11.2. The van der Waals surface area contributed by atoms with E-state index in [0.717, 1.165) is 79.6 Å². The van der Waals surface area contributed by atoms with Crippen molar-refractivity contribution in [1.82, 2.24) is 0 Å². The van der Waals surface area contributed by atoms with Crippen LogP contribution in [0.4, 0.5) is 11.4 Å². The number of aliphatic imine (C=N–C) groups is 2. The number of benzene rings is 3. The molecule has 4 nitrogen and oxygen atoms in total. The van der Waals surface area contributed by atoms with E-state index in [1.165, 1.54) is 44.6 Å². The van der Waals surface area contributed by atoms with Gasteiger partial charge in [0.15, 0.2) is 0 Å². The van der Waals surface area contributed by atoms with E-state index in [-0.39, 0.29) is 28.0 Å². The molecule has 0 spiro atoms. The molecule has 0 heterocycles. The largest absolute Gasteiger partial charge is 2.00 e. The molecule has 0 bridgehead atoms. The number of rotatable bonds is 17. The maximum atomic E-state index is 11.8. The number of hydrogen-bond acceptors (Lipinski definition) is 4. The molecule has 0 aromatic heterocycles. The molecule has 0 saturated carbocycles. The van der Waals surface area contributed by atoms with E-state index in [1.54, 1.807) is 0 Å². The molecule has 0 radical (unpaired) electrons. The van der Waals surface area contributed by atoms with Crippen LogP contribution in [0.25, 0.3) is 0 Å². The monoisotopic (exact) mass is 612 g/mol. The third-order valence-electron chi connectivity index (χ3n) is 7.09. The van der Waals surface area contributed by atoms with Crippen LogP contribution in [-0.2, 0) is 29.3 Å². The van der Waals surface area contributed by atoms with Gasteiger partial charge in [-0.05, 0) is 68.4 Å². The molecule has 0 unspecified atom stereocenters. The summed E-state index contributed by atoms with van der Waals surface area (Å²) in [6.45, 7) is 6.53. The summed E-state index contributed by atoms with van der Waals surface area (Å²) in [6.07, 6.45) is 17.8. The van der Waals surface area contributed by atoms with E-state index < -0.39 is 0 Å². The fourth-order valence-corrected chi connectivity index (χ4v) is 4.64. The molecule has 42 heavy (non-hydrogen) atoms. The minimum Gasteiger partial charge on any atom is -0.873 e. The topological polar surface area (TPSA) is 70.8 Å². The SMILES string of the molecule is CCCCCCCCC(C=Nc1ccccc1)=Nc1ccccc1.CCCCCc1c(CCCC)ccc([O-])c1[O-].[Ni+2]. The van der Waals surface area contributed by atoms with Crippen LogP contribution in [0.1, 0.15) is 109 Å². The van der Waals surface area contributed by atoms with Crippen LogP contribution in [0.2, 0.25) is 0 Å². The van der Waals surface area contributed by atoms with E-state index in [2.05, 4.69) is 25.8 Å². The second-order valence-electron chi connectivity index (χ2n) is 10.6. The smallest absolute Gasteiger partial charge is 0.873 e. The van der Waals surface area contributed by atoms with Crippen LogP contribution in [0, 0.1) is 0 Å². The predicted octanol–water partition coefficient (Wildman–Crippen LogP) is 9.82. The minimum absolute atomic E-state index is 0. The Kier molecular flexibility index (Phi) is 20.9. The fourth-order valence-electron chi connectivity index (χ4n) is 4.64. The Morgan fingerprint density at radius 3 is 1.83 bits per heavy atom. The molecule has 0 saturated heterocycles. The van der Waals surface area contributed by atoms with Crippen LogP contribution in [0.3, 0.4) is 0 Å². The molecule has 3 aromatic rings. The summed E-state index contributed by atoms with van der Waals surface area (Å²) in [5.41, 5.74) is 4.90. The second-order valence-corrected chi connectivity index (χ2v) is 10.6. The molecular formula is C37H50N2NiO2. The Hall–Kier alpha value is -2.91. The maximum Gasteiger partial charge on any atom is 2.00 e. The molecule has 0 amide bonds. The average molecular weight is 614 g/mol. The average Bonchev–Trinajstić information content (AvgIpc) is 3.00. The zero-order valence-electron chi connectivity index (χ0n) is 25.9. The first-order valence-electron chi connectivity index (χ1n) is 15.8. The first-order chi connectivity index (χ1) is 20.1. The Labute approximate surface area is 265 Å². The van der Waals surface area contributed by atoms with Gasteiger partial charge in [-0.15, -0.1) is 11.5 Å². The van der Waals surface area contributed by atoms with Gasteiger partial charge >= 0.3 is 16.5 Å². The van der Waals surface area contributed by atoms with Gasteiger partial charge in [0.2, 0.25) is 0 Å². The van der Waals surface area contributed by atoms with Gasteiger partial charge in [-0.1, -0.05) is 126 Å². The second kappa shape index (κ2) is 23.6. The Morgan fingerprint density at radius 2 is 1.19 bits per heavy atom. The zero-order valence-corrected chi connectivity index (χ0v) is 26.9. The van der Waals surface area contributed by atoms with Gasteiger partial charge in [0.05, 0.1) is 17.1 Å². The summed E-state index contributed by atoms with van der Waals surface area (Å²) < 4.78 is 0. The van der Waals surface area contributed by atoms with E-state index in [4.69, 9.17) is 4.99 Å². The van der Waals surface area contributed by atoms with Crippen LogP contribution in [0.5, 0.6) is 11.5 Å². The first kappa shape index (κ1) is 37.1. The molecule has 3 aromatic carbocycles. The van der Waals surface area contributed by atoms with Crippen molar-refractivity contribution in [3.8, 4) is 11.5 Å². The predicted molar refractivity (Wildman–Crippen MR) is 173 cm³/mol. The molecular weight excluding hydrogens is 563 g/mol. The van der Waals surface area contributed by atoms with Crippen LogP contribution in [0.15, 0.2) is 82.8 Å². The molecule has 0 N–H and O–H groups in total. The quantitative estimate of drug-likeness (QED) is 0.0864. The molecule has 0 aliphatic heterocycles. The van der Waals surface area contributed by atoms with Crippen molar-refractivity contribution in [2.45, 2.75) is 111 Å². The van der Waals surface area contributed by atoms with E-state index >= 15 is 0 Å². The van der Waals surface area contributed by atoms with Crippen molar-refractivity contribution in [2.24, 2.45) is 9.98 Å². The van der Waals surface area contributed by atoms with Gasteiger partial charge in [-0.25, -0.2) is 0 Å². The molecule has 0 aliphatic rings. The molecule has 0 atom stereocenters. The van der Waals surface area contributed by atoms with Crippen molar-refractivity contribution in [1.29, 1.82) is 0 Å². The number of para-hydroxylation sites is 2. The Morgan fingerprint density at radius 1 is 0.619 bits per heavy atom. The Bertz CT molecular complexity index is 1150. The van der Waals surface area contributed by atoms with Gasteiger partial charge in [-0.3, -0.25) is 9.98 Å². The minimum atomic E-state index is -0.350. The van der Waals surface area contributed by atoms with Crippen molar-refractivity contribution >= 4 is 23.3 Å². The molecule has 3 rings (SSSR count). The maximum absolute atomic E-state index is 11.8. The van der Waals surface area contributed by atoms with Gasteiger partial charge in [0.1, 0.15) is 0 Å². The van der Waals surface area contributed by atoms with Gasteiger partial charge in [0.25, 0.3) is 0 Å². The number of nitrogens with zero attached hydrogens (tertiary/aromatic N) is 2. The summed E-state index contributed by atoms with van der Waals surface area (Å²) in [6, 6.07) is 23.5. The van der Waals surface area contributed by atoms with Gasteiger partial charge < -0.3 is 10.2 Å². The zero-order chi connectivity index (χ0) is 29.5. The standard InChI is InChI=1S/C22H28N2.C15H24O2.Ni/c1-2-3-4-5-6-9-18-22(24-21-16-12-8-13-17-21)19-23-20-14-10-7-11-15-20;1-3-5-7-9-13-12(8-6-4-2)10-11-14(16)15(13)17;/h7-8,10-17,19H,2-6,9,18H2,1H3;10-11,16-17H,3-9H2,1-2H3;/q;;+2/p-2. The first-order valence-corrected chi connectivity index (χ1v) is 15.8. The fraction of sp³-hybridized carbons (Fsp3) is 0.459. The van der Waals surface area contributed by atoms with E-state index in [1.807, 2.05) is 72.9 Å². The van der Waals surface area contributed by atoms with Crippen molar-refractivity contribution < 1.29 is 26.7 Å². The van der Waals surface area contributed by atoms with Crippen LogP contribution in [-0.4, -0.2) is 11.9 Å². The van der Waals surface area contributed by atoms with Crippen molar-refractivity contribution in [2.75, 3.05) is 0 Å². The number of hydrogen-bond donors (Lipinski definition) is 0. The van der Waals surface area contributed by atoms with Crippen LogP contribution >= 0.6 is 0 Å². The van der Waals surface area contributed by atoms with Gasteiger partial charge in [-0.2, -0.15) is 0 Å². The molecule has 0 aliphatic carbocycles. The molecule has 5 heteroatoms. The summed E-state index contributed by atoms with van der Waals surface area (Å²) in [5.74, 6) is -0.619. The number of aryl methyl sites for hydroxylation is 1. The Balaban J connectivity index is 0.000000434. The summed E-state index contributed by atoms with van der Waals surface area (Å²) in [5, 5.41) is 23.2. The summed E-state index contributed by atoms with van der Waals surface area (Å²) in [4.78, 5) is 9.35. The van der Waals surface area contributed by atoms with E-state index in [9.17, 15) is 10.2 Å². The van der Waals surface area contributed by atoms with Gasteiger partial charge in [0, 0.05) is 6.21 Å². The van der Waals surface area contributed by atoms with Crippen molar-refractivity contribution in [3.63, 3.8) is 0 Å². The summed E-state index contributed by atoms with van der Waals surface area (Å²) in [7, 11) is 0.